The first-order chi connectivity index (χ1) is 14.9. The maximum atomic E-state index is 11.3. The maximum Gasteiger partial charge on any atom is 0.296 e. The molecule has 0 bridgehead atoms. The molecule has 2 N–H and O–H groups in total. The van der Waals surface area contributed by atoms with Crippen LogP contribution in [0.4, 0.5) is 0 Å². The van der Waals surface area contributed by atoms with Crippen molar-refractivity contribution in [1.82, 2.24) is 19.7 Å². The molecular formula is C20H21ClN4O5S. The average Bonchev–Trinajstić information content (AvgIpc) is 3.43. The number of hydrogen-bond acceptors (Lipinski definition) is 7. The quantitative estimate of drug-likeness (QED) is 0.574. The van der Waals surface area contributed by atoms with Crippen LogP contribution >= 0.6 is 11.6 Å². The number of rotatable bonds is 6. The number of benzene rings is 1. The third kappa shape index (κ3) is 4.39. The summed E-state index contributed by atoms with van der Waals surface area (Å²) in [5.74, 6) is 0. The zero-order valence-electron chi connectivity index (χ0n) is 16.7. The molecule has 0 aliphatic carbocycles. The van der Waals surface area contributed by atoms with E-state index in [9.17, 15) is 8.42 Å². The van der Waals surface area contributed by atoms with Crippen LogP contribution in [-0.4, -0.2) is 61.2 Å². The summed E-state index contributed by atoms with van der Waals surface area (Å²) in [6.45, 7) is 1.36. The Morgan fingerprint density at radius 1 is 1.26 bits per heavy atom. The molecule has 2 aliphatic heterocycles. The molecule has 31 heavy (non-hydrogen) atoms. The molecular weight excluding hydrogens is 444 g/mol. The molecule has 0 amide bonds. The van der Waals surface area contributed by atoms with Crippen LogP contribution in [0.1, 0.15) is 12.0 Å². The second kappa shape index (κ2) is 8.03. The van der Waals surface area contributed by atoms with E-state index >= 15 is 0 Å². The van der Waals surface area contributed by atoms with E-state index in [1.165, 1.54) is 0 Å². The second-order valence-corrected chi connectivity index (χ2v) is 9.91. The van der Waals surface area contributed by atoms with Gasteiger partial charge in [0.05, 0.1) is 35.2 Å². The van der Waals surface area contributed by atoms with Crippen molar-refractivity contribution in [2.75, 3.05) is 19.5 Å². The number of imidazole rings is 1. The Balaban J connectivity index is 1.36. The molecule has 1 aromatic carbocycles. The van der Waals surface area contributed by atoms with Crippen LogP contribution in [0.2, 0.25) is 5.02 Å². The lowest BCUT2D eigenvalue weighted by molar-refractivity contribution is 0.0273. The van der Waals surface area contributed by atoms with Gasteiger partial charge in [0.25, 0.3) is 6.01 Å². The van der Waals surface area contributed by atoms with Crippen LogP contribution in [0.15, 0.2) is 30.3 Å². The number of aromatic nitrogens is 3. The Morgan fingerprint density at radius 2 is 2.06 bits per heavy atom. The molecule has 0 unspecified atom stereocenters. The minimum Gasteiger partial charge on any atom is -0.456 e. The van der Waals surface area contributed by atoms with Gasteiger partial charge in [-0.05, 0) is 18.1 Å². The predicted octanol–water partition coefficient (Wildman–Crippen LogP) is 2.26. The highest BCUT2D eigenvalue weighted by Crippen LogP contribution is 2.32. The van der Waals surface area contributed by atoms with Crippen molar-refractivity contribution in [2.45, 2.75) is 31.3 Å². The predicted molar refractivity (Wildman–Crippen MR) is 115 cm³/mol. The minimum atomic E-state index is -3.25. The Hall–Kier alpha value is -2.24. The molecule has 2 aromatic heterocycles. The van der Waals surface area contributed by atoms with E-state index in [2.05, 4.69) is 19.7 Å². The lowest BCUT2D eigenvalue weighted by atomic mass is 10.1. The van der Waals surface area contributed by atoms with Crippen LogP contribution in [0.25, 0.3) is 22.4 Å². The first kappa shape index (κ1) is 20.7. The Kier molecular flexibility index (Phi) is 5.35. The van der Waals surface area contributed by atoms with Crippen molar-refractivity contribution in [3.63, 3.8) is 0 Å². The largest absolute Gasteiger partial charge is 0.456 e. The number of nitrogens with one attached hydrogen (secondary N) is 2. The number of fused-ring (bicyclic) bond motifs is 2. The van der Waals surface area contributed by atoms with Crippen LogP contribution in [0.3, 0.4) is 0 Å². The Morgan fingerprint density at radius 3 is 2.84 bits per heavy atom. The monoisotopic (exact) mass is 464 g/mol. The van der Waals surface area contributed by atoms with Gasteiger partial charge in [-0.1, -0.05) is 35.9 Å². The smallest absolute Gasteiger partial charge is 0.296 e. The third-order valence-electron chi connectivity index (χ3n) is 5.35. The van der Waals surface area contributed by atoms with Gasteiger partial charge in [0.15, 0.2) is 11.8 Å². The first-order valence-electron chi connectivity index (χ1n) is 9.86. The molecule has 11 heteroatoms. The van der Waals surface area contributed by atoms with Crippen molar-refractivity contribution >= 4 is 32.8 Å². The highest BCUT2D eigenvalue weighted by Gasteiger charge is 2.43. The molecule has 9 nitrogen and oxygen atoms in total. The molecule has 2 fully saturated rings. The number of pyridine rings is 1. The summed E-state index contributed by atoms with van der Waals surface area (Å²) in [4.78, 5) is 12.2. The summed E-state index contributed by atoms with van der Waals surface area (Å²) in [6, 6.07) is 9.45. The van der Waals surface area contributed by atoms with E-state index in [-0.39, 0.29) is 24.9 Å². The van der Waals surface area contributed by atoms with Crippen molar-refractivity contribution in [2.24, 2.45) is 0 Å². The molecule has 2 aliphatic rings. The fraction of sp³-hybridized carbons (Fsp3) is 0.400. The lowest BCUT2D eigenvalue weighted by Gasteiger charge is -2.15. The number of H-pyrrole nitrogens is 1. The van der Waals surface area contributed by atoms with Crippen molar-refractivity contribution in [1.29, 1.82) is 0 Å². The van der Waals surface area contributed by atoms with Crippen LogP contribution < -0.4 is 9.46 Å². The number of halogens is 1. The van der Waals surface area contributed by atoms with Crippen LogP contribution in [-0.2, 0) is 26.0 Å². The van der Waals surface area contributed by atoms with Gasteiger partial charge < -0.3 is 19.2 Å². The fourth-order valence-corrected chi connectivity index (χ4v) is 4.51. The van der Waals surface area contributed by atoms with Crippen molar-refractivity contribution in [3.8, 4) is 17.3 Å². The Labute approximate surface area is 184 Å². The summed E-state index contributed by atoms with van der Waals surface area (Å²) in [5.41, 5.74) is 3.36. The van der Waals surface area contributed by atoms with Gasteiger partial charge in [-0.15, -0.1) is 0 Å². The molecule has 4 heterocycles. The molecule has 0 radical (unpaired) electrons. The highest BCUT2D eigenvalue weighted by molar-refractivity contribution is 7.88. The summed E-state index contributed by atoms with van der Waals surface area (Å²) in [6.07, 6.45) is 1.81. The SMILES string of the molecule is CS(=O)(=O)NCc1ccc(-c2nc3nc(O[C@@H]4CO[C@@H]5CCO[C@@H]54)[nH]c3cc2Cl)cc1. The van der Waals surface area contributed by atoms with Gasteiger partial charge in [-0.3, -0.25) is 0 Å². The molecule has 3 aromatic rings. The normalized spacial score (nSPS) is 23.4. The number of hydrogen-bond donors (Lipinski definition) is 2. The van der Waals surface area contributed by atoms with E-state index in [1.807, 2.05) is 24.3 Å². The molecule has 2 saturated heterocycles. The summed E-state index contributed by atoms with van der Waals surface area (Å²) in [7, 11) is -3.25. The number of nitrogens with zero attached hydrogens (tertiary/aromatic N) is 2. The minimum absolute atomic E-state index is 0.0731. The number of aromatic amines is 1. The van der Waals surface area contributed by atoms with Gasteiger partial charge in [0.1, 0.15) is 6.10 Å². The molecule has 3 atom stereocenters. The average molecular weight is 465 g/mol. The summed E-state index contributed by atoms with van der Waals surface area (Å²) in [5, 5.41) is 0.466. The van der Waals surface area contributed by atoms with Gasteiger partial charge in [-0.2, -0.15) is 4.98 Å². The van der Waals surface area contributed by atoms with E-state index in [1.54, 1.807) is 6.07 Å². The van der Waals surface area contributed by atoms with E-state index in [0.717, 1.165) is 23.8 Å². The van der Waals surface area contributed by atoms with E-state index < -0.39 is 10.0 Å². The maximum absolute atomic E-state index is 11.3. The van der Waals surface area contributed by atoms with Crippen LogP contribution in [0, 0.1) is 0 Å². The van der Waals surface area contributed by atoms with Crippen molar-refractivity contribution in [3.05, 3.63) is 40.9 Å². The van der Waals surface area contributed by atoms with E-state index in [4.69, 9.17) is 25.8 Å². The lowest BCUT2D eigenvalue weighted by Crippen LogP contribution is -2.32. The number of sulfonamides is 1. The molecule has 0 spiro atoms. The molecule has 0 saturated carbocycles. The number of ether oxygens (including phenoxy) is 3. The van der Waals surface area contributed by atoms with Gasteiger partial charge >= 0.3 is 0 Å². The molecule has 5 rings (SSSR count). The highest BCUT2D eigenvalue weighted by atomic mass is 35.5. The summed E-state index contributed by atoms with van der Waals surface area (Å²) < 4.78 is 42.4. The Bertz CT molecular complexity index is 1210. The summed E-state index contributed by atoms with van der Waals surface area (Å²) >= 11 is 6.47. The standard InChI is InChI=1S/C20H21ClN4O5S/c1-31(26,27)22-9-11-2-4-12(5-3-11)17-13(21)8-14-19(24-17)25-20(23-14)30-16-10-29-15-6-7-28-18(15)16/h2-5,8,15-16,18,22H,6-7,9-10H2,1H3,(H,23,24,25)/t15-,16-,18+/m1/s1. The molecule has 164 valence electrons. The van der Waals surface area contributed by atoms with E-state index in [0.29, 0.717) is 41.1 Å². The topological polar surface area (TPSA) is 115 Å². The van der Waals surface area contributed by atoms with Gasteiger partial charge in [0.2, 0.25) is 10.0 Å². The van der Waals surface area contributed by atoms with Gasteiger partial charge in [0, 0.05) is 18.7 Å². The third-order valence-corrected chi connectivity index (χ3v) is 6.31. The van der Waals surface area contributed by atoms with Crippen molar-refractivity contribution < 1.29 is 22.6 Å². The second-order valence-electron chi connectivity index (χ2n) is 7.67. The zero-order chi connectivity index (χ0) is 21.6. The zero-order valence-corrected chi connectivity index (χ0v) is 18.2. The van der Waals surface area contributed by atoms with Crippen LogP contribution in [0.5, 0.6) is 6.01 Å². The fourth-order valence-electron chi connectivity index (χ4n) is 3.82. The first-order valence-corrected chi connectivity index (χ1v) is 12.1. The van der Waals surface area contributed by atoms with Gasteiger partial charge in [-0.25, -0.2) is 18.1 Å².